The van der Waals surface area contributed by atoms with Crippen LogP contribution in [0, 0.1) is 0 Å². The number of nitrogens with zero attached hydrogens (tertiary/aromatic N) is 2. The molecule has 1 aromatic carbocycles. The lowest BCUT2D eigenvalue weighted by Gasteiger charge is -2.16. The van der Waals surface area contributed by atoms with Gasteiger partial charge in [-0.2, -0.15) is 0 Å². The van der Waals surface area contributed by atoms with Gasteiger partial charge in [0.05, 0.1) is 18.5 Å². The zero-order valence-electron chi connectivity index (χ0n) is 15.1. The van der Waals surface area contributed by atoms with Crippen molar-refractivity contribution in [3.8, 4) is 11.1 Å². The van der Waals surface area contributed by atoms with Crippen molar-refractivity contribution in [2.75, 3.05) is 13.6 Å². The fourth-order valence-electron chi connectivity index (χ4n) is 2.82. The third-order valence-corrected chi connectivity index (χ3v) is 4.73. The van der Waals surface area contributed by atoms with E-state index in [2.05, 4.69) is 15.3 Å². The molecule has 0 spiro atoms. The molecule has 7 heteroatoms. The maximum atomic E-state index is 12.6. The number of hydrogen-bond donors (Lipinski definition) is 2. The van der Waals surface area contributed by atoms with Gasteiger partial charge < -0.3 is 10.3 Å². The molecule has 3 aromatic rings. The predicted molar refractivity (Wildman–Crippen MR) is 105 cm³/mol. The Labute approximate surface area is 155 Å². The van der Waals surface area contributed by atoms with E-state index in [1.54, 1.807) is 0 Å². The molecule has 0 fully saturated rings. The van der Waals surface area contributed by atoms with Crippen molar-refractivity contribution in [3.63, 3.8) is 0 Å². The minimum Gasteiger partial charge on any atom is -0.353 e. The van der Waals surface area contributed by atoms with E-state index in [9.17, 15) is 9.59 Å². The van der Waals surface area contributed by atoms with E-state index in [0.29, 0.717) is 22.6 Å². The summed E-state index contributed by atoms with van der Waals surface area (Å²) in [5.41, 5.74) is 1.75. The maximum absolute atomic E-state index is 12.6. The molecule has 1 amide bonds. The zero-order valence-corrected chi connectivity index (χ0v) is 15.9. The van der Waals surface area contributed by atoms with Gasteiger partial charge in [0.1, 0.15) is 10.7 Å². The summed E-state index contributed by atoms with van der Waals surface area (Å²) < 4.78 is 0. The van der Waals surface area contributed by atoms with E-state index >= 15 is 0 Å². The molecule has 0 aliphatic heterocycles. The van der Waals surface area contributed by atoms with E-state index in [1.165, 1.54) is 11.3 Å². The molecule has 0 atom stereocenters. The second-order valence-corrected chi connectivity index (χ2v) is 7.46. The molecular weight excluding hydrogens is 348 g/mol. The largest absolute Gasteiger partial charge is 0.353 e. The van der Waals surface area contributed by atoms with Gasteiger partial charge in [-0.3, -0.25) is 14.5 Å². The first-order valence-electron chi connectivity index (χ1n) is 8.47. The van der Waals surface area contributed by atoms with Crippen LogP contribution >= 0.6 is 11.3 Å². The van der Waals surface area contributed by atoms with Crippen LogP contribution in [0.5, 0.6) is 0 Å². The van der Waals surface area contributed by atoms with Crippen LogP contribution < -0.4 is 10.9 Å². The summed E-state index contributed by atoms with van der Waals surface area (Å²) in [6.07, 6.45) is 0. The number of thiophene rings is 1. The number of carbonyl (C=O) groups excluding carboxylic acids is 1. The van der Waals surface area contributed by atoms with Gasteiger partial charge in [-0.1, -0.05) is 30.3 Å². The van der Waals surface area contributed by atoms with Gasteiger partial charge in [-0.25, -0.2) is 4.98 Å². The number of amides is 1. The Morgan fingerprint density at radius 3 is 2.73 bits per heavy atom. The molecule has 6 nitrogen and oxygen atoms in total. The highest BCUT2D eigenvalue weighted by atomic mass is 32.1. The number of H-pyrrole nitrogens is 1. The number of aromatic nitrogens is 2. The number of aromatic amines is 1. The van der Waals surface area contributed by atoms with Gasteiger partial charge in [0.2, 0.25) is 5.91 Å². The van der Waals surface area contributed by atoms with Gasteiger partial charge >= 0.3 is 0 Å². The Kier molecular flexibility index (Phi) is 5.49. The number of rotatable bonds is 6. The molecule has 136 valence electrons. The first-order chi connectivity index (χ1) is 12.4. The molecule has 0 saturated heterocycles. The lowest BCUT2D eigenvalue weighted by molar-refractivity contribution is -0.122. The molecule has 2 heterocycles. The Bertz CT molecular complexity index is 963. The number of likely N-dealkylation sites (N-methyl/N-ethyl adjacent to an activating group) is 1. The lowest BCUT2D eigenvalue weighted by atomic mass is 10.1. The monoisotopic (exact) mass is 370 g/mol. The highest BCUT2D eigenvalue weighted by molar-refractivity contribution is 7.17. The molecule has 26 heavy (non-hydrogen) atoms. The van der Waals surface area contributed by atoms with Crippen LogP contribution in [0.4, 0.5) is 0 Å². The first kappa shape index (κ1) is 18.3. The van der Waals surface area contributed by atoms with Crippen molar-refractivity contribution in [2.45, 2.75) is 26.4 Å². The molecular formula is C19H22N4O2S. The first-order valence-corrected chi connectivity index (χ1v) is 9.35. The molecule has 0 saturated carbocycles. The summed E-state index contributed by atoms with van der Waals surface area (Å²) in [6.45, 7) is 4.49. The highest BCUT2D eigenvalue weighted by Gasteiger charge is 2.14. The second-order valence-electron chi connectivity index (χ2n) is 6.60. The van der Waals surface area contributed by atoms with E-state index in [1.807, 2.05) is 61.5 Å². The Morgan fingerprint density at radius 2 is 2.04 bits per heavy atom. The molecule has 3 rings (SSSR count). The minimum atomic E-state index is -0.148. The number of carbonyl (C=O) groups is 1. The summed E-state index contributed by atoms with van der Waals surface area (Å²) in [4.78, 5) is 34.4. The molecule has 2 N–H and O–H groups in total. The lowest BCUT2D eigenvalue weighted by Crippen LogP contribution is -2.38. The van der Waals surface area contributed by atoms with E-state index in [4.69, 9.17) is 0 Å². The highest BCUT2D eigenvalue weighted by Crippen LogP contribution is 2.30. The summed E-state index contributed by atoms with van der Waals surface area (Å²) in [7, 11) is 1.83. The van der Waals surface area contributed by atoms with E-state index < -0.39 is 0 Å². The summed E-state index contributed by atoms with van der Waals surface area (Å²) >= 11 is 1.46. The Hall–Kier alpha value is -2.51. The van der Waals surface area contributed by atoms with Crippen molar-refractivity contribution >= 4 is 27.5 Å². The minimum absolute atomic E-state index is 0.0478. The smallest absolute Gasteiger partial charge is 0.260 e. The third-order valence-electron chi connectivity index (χ3n) is 3.86. The fraction of sp³-hybridized carbons (Fsp3) is 0.316. The molecule has 0 aliphatic rings. The van der Waals surface area contributed by atoms with Gasteiger partial charge in [-0.05, 0) is 26.5 Å². The van der Waals surface area contributed by atoms with Gasteiger partial charge in [0.15, 0.2) is 0 Å². The third kappa shape index (κ3) is 4.17. The molecule has 0 radical (unpaired) electrons. The number of benzene rings is 1. The second kappa shape index (κ2) is 7.80. The van der Waals surface area contributed by atoms with E-state index in [-0.39, 0.29) is 24.1 Å². The van der Waals surface area contributed by atoms with Crippen LogP contribution in [0.3, 0.4) is 0 Å². The van der Waals surface area contributed by atoms with Crippen molar-refractivity contribution in [3.05, 3.63) is 51.9 Å². The average Bonchev–Trinajstić information content (AvgIpc) is 2.99. The van der Waals surface area contributed by atoms with Crippen LogP contribution in [-0.4, -0.2) is 40.4 Å². The zero-order chi connectivity index (χ0) is 18.7. The van der Waals surface area contributed by atoms with Gasteiger partial charge in [0, 0.05) is 17.0 Å². The summed E-state index contributed by atoms with van der Waals surface area (Å²) in [6, 6.07) is 9.92. The van der Waals surface area contributed by atoms with Crippen LogP contribution in [0.1, 0.15) is 19.7 Å². The number of nitrogens with one attached hydrogen (secondary N) is 2. The van der Waals surface area contributed by atoms with Crippen LogP contribution in [0.2, 0.25) is 0 Å². The Balaban J connectivity index is 1.82. The number of fused-ring (bicyclic) bond motifs is 1. The molecule has 0 bridgehead atoms. The van der Waals surface area contributed by atoms with E-state index in [0.717, 1.165) is 11.1 Å². The molecule has 2 aromatic heterocycles. The van der Waals surface area contributed by atoms with Crippen LogP contribution in [0.25, 0.3) is 21.3 Å². The summed E-state index contributed by atoms with van der Waals surface area (Å²) in [5.74, 6) is 0.511. The average molecular weight is 370 g/mol. The van der Waals surface area contributed by atoms with Crippen molar-refractivity contribution < 1.29 is 4.79 Å². The van der Waals surface area contributed by atoms with Crippen LogP contribution in [0.15, 0.2) is 40.5 Å². The van der Waals surface area contributed by atoms with Gasteiger partial charge in [0.25, 0.3) is 5.56 Å². The normalized spacial score (nSPS) is 11.4. The summed E-state index contributed by atoms with van der Waals surface area (Å²) in [5, 5.41) is 5.43. The van der Waals surface area contributed by atoms with Crippen molar-refractivity contribution in [1.82, 2.24) is 20.2 Å². The molecule has 0 aliphatic carbocycles. The SMILES string of the molecule is CC(C)NC(=O)CN(C)Cc1nc2scc(-c3ccccc3)c2c(=O)[nH]1. The van der Waals surface area contributed by atoms with Crippen molar-refractivity contribution in [2.24, 2.45) is 0 Å². The quantitative estimate of drug-likeness (QED) is 0.699. The van der Waals surface area contributed by atoms with Gasteiger partial charge in [-0.15, -0.1) is 11.3 Å². The topological polar surface area (TPSA) is 78.1 Å². The van der Waals surface area contributed by atoms with Crippen molar-refractivity contribution in [1.29, 1.82) is 0 Å². The predicted octanol–water partition coefficient (Wildman–Crippen LogP) is 2.61. The molecule has 0 unspecified atom stereocenters. The maximum Gasteiger partial charge on any atom is 0.260 e. The standard InChI is InChI=1S/C19H22N4O2S/c1-12(2)20-16(24)10-23(3)9-15-21-18(25)17-14(11-26-19(17)22-15)13-7-5-4-6-8-13/h4-8,11-12H,9-10H2,1-3H3,(H,20,24)(H,21,22,25). The fourth-order valence-corrected chi connectivity index (χ4v) is 3.79. The number of hydrogen-bond acceptors (Lipinski definition) is 5. The van der Waals surface area contributed by atoms with Crippen LogP contribution in [-0.2, 0) is 11.3 Å². The Morgan fingerprint density at radius 1 is 1.31 bits per heavy atom.